The number of sulfonamides is 1. The number of alkyl halides is 6. The van der Waals surface area contributed by atoms with Gasteiger partial charge in [0.2, 0.25) is 0 Å². The molecule has 1 aliphatic heterocycles. The molecule has 0 bridgehead atoms. The van der Waals surface area contributed by atoms with Crippen LogP contribution in [-0.4, -0.2) is 44.7 Å². The highest BCUT2D eigenvalue weighted by atomic mass is 32.2. The fourth-order valence-corrected chi connectivity index (χ4v) is 5.00. The number of nitrogens with zero attached hydrogens (tertiary/aromatic N) is 1. The van der Waals surface area contributed by atoms with Crippen molar-refractivity contribution in [3.8, 4) is 23.0 Å². The second-order valence-corrected chi connectivity index (χ2v) is 10.5. The van der Waals surface area contributed by atoms with Crippen LogP contribution in [0.25, 0.3) is 0 Å². The van der Waals surface area contributed by atoms with Gasteiger partial charge in [-0.1, -0.05) is 0 Å². The van der Waals surface area contributed by atoms with E-state index in [-0.39, 0.29) is 17.2 Å². The molecule has 0 unspecified atom stereocenters. The van der Waals surface area contributed by atoms with Crippen LogP contribution in [0.4, 0.5) is 32.0 Å². The summed E-state index contributed by atoms with van der Waals surface area (Å²) in [6, 6.07) is 8.99. The van der Waals surface area contributed by atoms with Crippen LogP contribution in [0.5, 0.6) is 23.0 Å². The third-order valence-electron chi connectivity index (χ3n) is 5.81. The second-order valence-electron chi connectivity index (χ2n) is 8.86. The summed E-state index contributed by atoms with van der Waals surface area (Å²) < 4.78 is 120. The molecule has 0 aliphatic carbocycles. The van der Waals surface area contributed by atoms with E-state index in [1.807, 2.05) is 4.90 Å². The maximum absolute atomic E-state index is 13.6. The highest BCUT2D eigenvalue weighted by Gasteiger charge is 2.37. The molecule has 0 saturated carbocycles. The van der Waals surface area contributed by atoms with Gasteiger partial charge < -0.3 is 19.5 Å². The van der Waals surface area contributed by atoms with E-state index in [4.69, 9.17) is 9.47 Å². The monoisotopic (exact) mass is 576 g/mol. The Labute approximate surface area is 219 Å². The molecule has 14 heteroatoms. The Balaban J connectivity index is 1.66. The molecule has 4 rings (SSSR count). The zero-order valence-electron chi connectivity index (χ0n) is 20.2. The number of halogens is 6. The fraction of sp³-hybridized carbons (Fsp3) is 0.280. The summed E-state index contributed by atoms with van der Waals surface area (Å²) in [5.74, 6) is -1.69. The van der Waals surface area contributed by atoms with E-state index < -0.39 is 56.0 Å². The number of likely N-dealkylation sites (N-methyl/N-ethyl adjacent to an activating group) is 1. The number of rotatable bonds is 7. The number of benzene rings is 3. The predicted octanol–water partition coefficient (Wildman–Crippen LogP) is 6.11. The van der Waals surface area contributed by atoms with Gasteiger partial charge in [0, 0.05) is 25.2 Å². The number of phenols is 1. The fourth-order valence-electron chi connectivity index (χ4n) is 3.93. The first-order chi connectivity index (χ1) is 18.1. The van der Waals surface area contributed by atoms with E-state index in [0.29, 0.717) is 43.8 Å². The van der Waals surface area contributed by atoms with Crippen molar-refractivity contribution in [1.82, 2.24) is 4.90 Å². The maximum Gasteiger partial charge on any atom is 0.419 e. The Bertz CT molecular complexity index is 1440. The van der Waals surface area contributed by atoms with Crippen molar-refractivity contribution in [3.63, 3.8) is 0 Å². The van der Waals surface area contributed by atoms with Crippen molar-refractivity contribution < 1.29 is 49.3 Å². The molecule has 0 amide bonds. The molecular weight excluding hydrogens is 554 g/mol. The van der Waals surface area contributed by atoms with Gasteiger partial charge in [0.15, 0.2) is 0 Å². The molecule has 1 aliphatic rings. The standard InChI is InChI=1S/C25H22F6N2O5S/c1-33-11-10-18(14-33)38-22-12-15(2-8-20(22)24(26,27)28)32-39(35,36)19-7-9-21(25(29,30)31)23(13-19)37-17-5-3-16(34)4-6-17/h2-9,12-13,18,32,34H,10-11,14H2,1H3/t18-/m1/s1. The van der Waals surface area contributed by atoms with Crippen molar-refractivity contribution >= 4 is 15.7 Å². The van der Waals surface area contributed by atoms with Gasteiger partial charge >= 0.3 is 12.4 Å². The lowest BCUT2D eigenvalue weighted by molar-refractivity contribution is -0.139. The van der Waals surface area contributed by atoms with Gasteiger partial charge in [-0.15, -0.1) is 0 Å². The minimum Gasteiger partial charge on any atom is -0.508 e. The van der Waals surface area contributed by atoms with E-state index in [1.165, 1.54) is 24.3 Å². The molecule has 210 valence electrons. The van der Waals surface area contributed by atoms with Crippen LogP contribution in [0.15, 0.2) is 65.6 Å². The summed E-state index contributed by atoms with van der Waals surface area (Å²) >= 11 is 0. The zero-order chi connectivity index (χ0) is 28.6. The van der Waals surface area contributed by atoms with Gasteiger partial charge in [0.25, 0.3) is 10.0 Å². The van der Waals surface area contributed by atoms with Crippen LogP contribution in [0.3, 0.4) is 0 Å². The Morgan fingerprint density at radius 1 is 0.897 bits per heavy atom. The van der Waals surface area contributed by atoms with Crippen molar-refractivity contribution in [2.24, 2.45) is 0 Å². The molecule has 7 nitrogen and oxygen atoms in total. The maximum atomic E-state index is 13.6. The highest BCUT2D eigenvalue weighted by molar-refractivity contribution is 7.92. The summed E-state index contributed by atoms with van der Waals surface area (Å²) in [6.45, 7) is 0.990. The van der Waals surface area contributed by atoms with Gasteiger partial charge in [0.1, 0.15) is 29.1 Å². The number of phenolic OH excluding ortho intramolecular Hbond substituents is 1. The van der Waals surface area contributed by atoms with Crippen LogP contribution in [0.2, 0.25) is 0 Å². The molecule has 0 aromatic heterocycles. The third kappa shape index (κ3) is 6.87. The summed E-state index contributed by atoms with van der Waals surface area (Å²) in [4.78, 5) is 1.23. The Morgan fingerprint density at radius 2 is 1.51 bits per heavy atom. The van der Waals surface area contributed by atoms with Gasteiger partial charge in [-0.2, -0.15) is 26.3 Å². The summed E-state index contributed by atoms with van der Waals surface area (Å²) in [5, 5.41) is 9.37. The lowest BCUT2D eigenvalue weighted by Gasteiger charge is -2.20. The number of likely N-dealkylation sites (tertiary alicyclic amines) is 1. The van der Waals surface area contributed by atoms with Gasteiger partial charge in [0.05, 0.1) is 21.7 Å². The molecule has 1 saturated heterocycles. The largest absolute Gasteiger partial charge is 0.508 e. The highest BCUT2D eigenvalue weighted by Crippen LogP contribution is 2.41. The first-order valence-corrected chi connectivity index (χ1v) is 12.9. The Morgan fingerprint density at radius 3 is 2.10 bits per heavy atom. The molecule has 1 fully saturated rings. The van der Waals surface area contributed by atoms with Crippen molar-refractivity contribution in [1.29, 1.82) is 0 Å². The van der Waals surface area contributed by atoms with Crippen LogP contribution >= 0.6 is 0 Å². The van der Waals surface area contributed by atoms with E-state index in [9.17, 15) is 39.9 Å². The lowest BCUT2D eigenvalue weighted by atomic mass is 10.1. The number of hydrogen-bond acceptors (Lipinski definition) is 6. The molecule has 0 radical (unpaired) electrons. The van der Waals surface area contributed by atoms with E-state index in [2.05, 4.69) is 4.72 Å². The first kappa shape index (κ1) is 28.4. The lowest BCUT2D eigenvalue weighted by Crippen LogP contribution is -2.23. The van der Waals surface area contributed by atoms with Crippen LogP contribution in [0.1, 0.15) is 17.5 Å². The second kappa shape index (κ2) is 10.5. The summed E-state index contributed by atoms with van der Waals surface area (Å²) in [6.07, 6.45) is -9.74. The Kier molecular flexibility index (Phi) is 7.63. The average molecular weight is 577 g/mol. The molecule has 1 heterocycles. The van der Waals surface area contributed by atoms with Gasteiger partial charge in [-0.3, -0.25) is 4.72 Å². The van der Waals surface area contributed by atoms with Crippen LogP contribution in [-0.2, 0) is 22.4 Å². The van der Waals surface area contributed by atoms with Crippen molar-refractivity contribution in [2.45, 2.75) is 29.8 Å². The predicted molar refractivity (Wildman–Crippen MR) is 128 cm³/mol. The molecule has 3 aromatic rings. The van der Waals surface area contributed by atoms with E-state index in [1.54, 1.807) is 7.05 Å². The molecule has 2 N–H and O–H groups in total. The van der Waals surface area contributed by atoms with Gasteiger partial charge in [-0.25, -0.2) is 8.42 Å². The number of hydrogen-bond donors (Lipinski definition) is 2. The van der Waals surface area contributed by atoms with Crippen LogP contribution in [0, 0.1) is 0 Å². The molecular formula is C25H22F6N2O5S. The van der Waals surface area contributed by atoms with Crippen molar-refractivity contribution in [2.75, 3.05) is 24.9 Å². The third-order valence-corrected chi connectivity index (χ3v) is 7.19. The Hall–Kier alpha value is -3.65. The van der Waals surface area contributed by atoms with E-state index in [0.717, 1.165) is 12.1 Å². The normalized spacial score (nSPS) is 16.7. The first-order valence-electron chi connectivity index (χ1n) is 11.4. The molecule has 39 heavy (non-hydrogen) atoms. The quantitative estimate of drug-likeness (QED) is 0.331. The van der Waals surface area contributed by atoms with E-state index >= 15 is 0 Å². The zero-order valence-corrected chi connectivity index (χ0v) is 21.0. The minimum absolute atomic E-state index is 0.108. The number of anilines is 1. The van der Waals surface area contributed by atoms with Crippen molar-refractivity contribution in [3.05, 3.63) is 71.8 Å². The van der Waals surface area contributed by atoms with Crippen LogP contribution < -0.4 is 14.2 Å². The topological polar surface area (TPSA) is 88.1 Å². The number of nitrogens with one attached hydrogen (secondary N) is 1. The molecule has 1 atom stereocenters. The van der Waals surface area contributed by atoms with Gasteiger partial charge in [-0.05, 0) is 62.0 Å². The molecule has 3 aromatic carbocycles. The number of aromatic hydroxyl groups is 1. The molecule has 0 spiro atoms. The minimum atomic E-state index is -4.89. The summed E-state index contributed by atoms with van der Waals surface area (Å²) in [5.41, 5.74) is -2.65. The summed E-state index contributed by atoms with van der Waals surface area (Å²) in [7, 11) is -2.80. The SMILES string of the molecule is CN1CC[C@@H](Oc2cc(NS(=O)(=O)c3ccc(C(F)(F)F)c(Oc4ccc(O)cc4)c3)ccc2C(F)(F)F)C1. The average Bonchev–Trinajstić information content (AvgIpc) is 3.23. The number of ether oxygens (including phenoxy) is 2. The smallest absolute Gasteiger partial charge is 0.419 e.